The van der Waals surface area contributed by atoms with Crippen molar-refractivity contribution in [1.82, 2.24) is 15.1 Å². The van der Waals surface area contributed by atoms with Gasteiger partial charge in [0.1, 0.15) is 0 Å². The summed E-state index contributed by atoms with van der Waals surface area (Å²) in [4.78, 5) is 23.8. The third-order valence-corrected chi connectivity index (χ3v) is 5.00. The lowest BCUT2D eigenvalue weighted by atomic mass is 9.85. The van der Waals surface area contributed by atoms with E-state index in [4.69, 9.17) is 5.11 Å². The molecule has 0 saturated carbocycles. The number of hydrogen-bond donors (Lipinski definition) is 2. The van der Waals surface area contributed by atoms with Crippen LogP contribution < -0.4 is 5.32 Å². The molecule has 26 heavy (non-hydrogen) atoms. The first-order valence-corrected chi connectivity index (χ1v) is 8.77. The van der Waals surface area contributed by atoms with Crippen LogP contribution in [-0.4, -0.2) is 32.3 Å². The van der Waals surface area contributed by atoms with Gasteiger partial charge in [0, 0.05) is 16.8 Å². The maximum atomic E-state index is 12.6. The zero-order valence-corrected chi connectivity index (χ0v) is 16.0. The van der Waals surface area contributed by atoms with E-state index in [1.807, 2.05) is 62.7 Å². The topological polar surface area (TPSA) is 84.2 Å². The quantitative estimate of drug-likeness (QED) is 0.798. The average molecular weight is 357 g/mol. The van der Waals surface area contributed by atoms with Crippen LogP contribution in [0.1, 0.15) is 44.1 Å². The van der Waals surface area contributed by atoms with Gasteiger partial charge in [0.2, 0.25) is 5.91 Å². The Hall–Kier alpha value is -2.63. The second-order valence-corrected chi connectivity index (χ2v) is 7.26. The maximum absolute atomic E-state index is 12.6. The zero-order valence-electron chi connectivity index (χ0n) is 16.0. The predicted octanol–water partition coefficient (Wildman–Crippen LogP) is 3.04. The number of carboxylic acid groups (broad SMARTS) is 1. The fraction of sp³-hybridized carbons (Fsp3) is 0.450. The van der Waals surface area contributed by atoms with Gasteiger partial charge in [0.25, 0.3) is 0 Å². The van der Waals surface area contributed by atoms with Gasteiger partial charge in [0.15, 0.2) is 0 Å². The second kappa shape index (κ2) is 7.72. The zero-order chi connectivity index (χ0) is 19.5. The number of hydrogen-bond acceptors (Lipinski definition) is 3. The molecule has 1 aromatic carbocycles. The third kappa shape index (κ3) is 4.31. The van der Waals surface area contributed by atoms with Crippen LogP contribution in [0.3, 0.4) is 0 Å². The lowest BCUT2D eigenvalue weighted by molar-refractivity contribution is -0.139. The Morgan fingerprint density at radius 1 is 1.23 bits per heavy atom. The Kier molecular flexibility index (Phi) is 5.85. The number of rotatable bonds is 7. The Morgan fingerprint density at radius 3 is 2.38 bits per heavy atom. The van der Waals surface area contributed by atoms with E-state index in [1.54, 1.807) is 6.92 Å². The van der Waals surface area contributed by atoms with Crippen LogP contribution in [0.5, 0.6) is 0 Å². The number of amides is 1. The van der Waals surface area contributed by atoms with Crippen molar-refractivity contribution in [1.29, 1.82) is 0 Å². The van der Waals surface area contributed by atoms with E-state index in [0.29, 0.717) is 0 Å². The van der Waals surface area contributed by atoms with Crippen LogP contribution in [-0.2, 0) is 16.0 Å². The highest BCUT2D eigenvalue weighted by atomic mass is 16.4. The van der Waals surface area contributed by atoms with Crippen molar-refractivity contribution in [2.75, 3.05) is 0 Å². The summed E-state index contributed by atoms with van der Waals surface area (Å²) in [7, 11) is 0. The number of nitrogens with one attached hydrogen (secondary N) is 1. The molecule has 2 N–H and O–H groups in total. The number of aryl methyl sites for hydroxylation is 1. The number of benzene rings is 1. The molecule has 1 aromatic heterocycles. The van der Waals surface area contributed by atoms with Crippen molar-refractivity contribution < 1.29 is 14.7 Å². The molecule has 1 atom stereocenters. The van der Waals surface area contributed by atoms with E-state index in [2.05, 4.69) is 10.4 Å². The molecule has 0 aliphatic heterocycles. The van der Waals surface area contributed by atoms with Gasteiger partial charge in [0.05, 0.1) is 24.2 Å². The average Bonchev–Trinajstić information content (AvgIpc) is 2.82. The molecule has 6 heteroatoms. The fourth-order valence-electron chi connectivity index (χ4n) is 2.98. The number of nitrogens with zero attached hydrogens (tertiary/aromatic N) is 2. The highest BCUT2D eigenvalue weighted by Gasteiger charge is 2.33. The Morgan fingerprint density at radius 2 is 1.85 bits per heavy atom. The van der Waals surface area contributed by atoms with E-state index in [-0.39, 0.29) is 24.7 Å². The van der Waals surface area contributed by atoms with Gasteiger partial charge < -0.3 is 10.4 Å². The molecule has 0 saturated heterocycles. The highest BCUT2D eigenvalue weighted by Crippen LogP contribution is 2.22. The monoisotopic (exact) mass is 357 g/mol. The summed E-state index contributed by atoms with van der Waals surface area (Å²) in [5, 5.41) is 16.6. The van der Waals surface area contributed by atoms with Crippen LogP contribution >= 0.6 is 0 Å². The van der Waals surface area contributed by atoms with Gasteiger partial charge in [-0.25, -0.2) is 4.68 Å². The molecule has 0 spiro atoms. The molecular formula is C20H27N3O3. The summed E-state index contributed by atoms with van der Waals surface area (Å²) < 4.78 is 1.83. The van der Waals surface area contributed by atoms with Crippen molar-refractivity contribution in [3.05, 3.63) is 47.3 Å². The molecule has 0 aliphatic carbocycles. The van der Waals surface area contributed by atoms with Crippen LogP contribution in [0.15, 0.2) is 30.3 Å². The number of carboxylic acids is 1. The second-order valence-electron chi connectivity index (χ2n) is 7.26. The molecule has 0 aliphatic rings. The van der Waals surface area contributed by atoms with Crippen molar-refractivity contribution in [2.24, 2.45) is 5.92 Å². The molecule has 1 unspecified atom stereocenters. The van der Waals surface area contributed by atoms with E-state index < -0.39 is 11.5 Å². The van der Waals surface area contributed by atoms with Crippen molar-refractivity contribution in [3.63, 3.8) is 0 Å². The van der Waals surface area contributed by atoms with E-state index in [9.17, 15) is 9.59 Å². The maximum Gasteiger partial charge on any atom is 0.305 e. The fourth-order valence-corrected chi connectivity index (χ4v) is 2.98. The molecule has 2 aromatic rings. The van der Waals surface area contributed by atoms with Crippen molar-refractivity contribution in [2.45, 2.75) is 53.0 Å². The number of para-hydroxylation sites is 1. The van der Waals surface area contributed by atoms with Gasteiger partial charge in [-0.3, -0.25) is 9.59 Å². The Balaban J connectivity index is 2.22. The van der Waals surface area contributed by atoms with Crippen LogP contribution in [0.4, 0.5) is 0 Å². The predicted molar refractivity (Wildman–Crippen MR) is 100 cm³/mol. The molecule has 140 valence electrons. The summed E-state index contributed by atoms with van der Waals surface area (Å²) in [6.45, 7) is 9.42. The summed E-state index contributed by atoms with van der Waals surface area (Å²) in [5.74, 6) is -1.12. The van der Waals surface area contributed by atoms with Gasteiger partial charge in [-0.1, -0.05) is 32.0 Å². The van der Waals surface area contributed by atoms with E-state index in [0.717, 1.165) is 22.6 Å². The van der Waals surface area contributed by atoms with Gasteiger partial charge >= 0.3 is 5.97 Å². The number of aliphatic carboxylic acids is 1. The number of carbonyl (C=O) groups excluding carboxylic acids is 1. The molecule has 2 rings (SSSR count). The van der Waals surface area contributed by atoms with E-state index >= 15 is 0 Å². The number of aromatic nitrogens is 2. The Labute approximate surface area is 154 Å². The standard InChI is InChI=1S/C20H27N3O3/c1-13(2)20(5,12-19(25)26)21-18(24)11-17-14(3)22-23(15(17)4)16-9-7-6-8-10-16/h6-10,13H,11-12H2,1-5H3,(H,21,24)(H,25,26). The van der Waals surface area contributed by atoms with Crippen LogP contribution in [0.25, 0.3) is 5.69 Å². The van der Waals surface area contributed by atoms with Gasteiger partial charge in [-0.2, -0.15) is 5.10 Å². The summed E-state index contributed by atoms with van der Waals surface area (Å²) in [6, 6.07) is 9.76. The third-order valence-electron chi connectivity index (χ3n) is 5.00. The molecule has 6 nitrogen and oxygen atoms in total. The normalized spacial score (nSPS) is 13.5. The first-order valence-electron chi connectivity index (χ1n) is 8.77. The lowest BCUT2D eigenvalue weighted by Gasteiger charge is -2.33. The lowest BCUT2D eigenvalue weighted by Crippen LogP contribution is -2.51. The summed E-state index contributed by atoms with van der Waals surface area (Å²) in [5.41, 5.74) is 2.73. The Bertz CT molecular complexity index is 796. The smallest absolute Gasteiger partial charge is 0.305 e. The van der Waals surface area contributed by atoms with Gasteiger partial charge in [-0.05, 0) is 38.8 Å². The van der Waals surface area contributed by atoms with Crippen molar-refractivity contribution >= 4 is 11.9 Å². The minimum Gasteiger partial charge on any atom is -0.481 e. The van der Waals surface area contributed by atoms with Crippen LogP contribution in [0, 0.1) is 19.8 Å². The highest BCUT2D eigenvalue weighted by molar-refractivity contribution is 5.81. The summed E-state index contributed by atoms with van der Waals surface area (Å²) >= 11 is 0. The SMILES string of the molecule is Cc1nn(-c2ccccc2)c(C)c1CC(=O)NC(C)(CC(=O)O)C(C)C. The largest absolute Gasteiger partial charge is 0.481 e. The van der Waals surface area contributed by atoms with Gasteiger partial charge in [-0.15, -0.1) is 0 Å². The molecule has 0 radical (unpaired) electrons. The molecular weight excluding hydrogens is 330 g/mol. The van der Waals surface area contributed by atoms with Crippen LogP contribution in [0.2, 0.25) is 0 Å². The first kappa shape index (κ1) is 19.7. The van der Waals surface area contributed by atoms with E-state index in [1.165, 1.54) is 0 Å². The minimum atomic E-state index is -0.925. The van der Waals surface area contributed by atoms with Crippen molar-refractivity contribution in [3.8, 4) is 5.69 Å². The number of carbonyl (C=O) groups is 2. The molecule has 0 fully saturated rings. The molecule has 0 bridgehead atoms. The first-order chi connectivity index (χ1) is 12.1. The molecule has 1 heterocycles. The summed E-state index contributed by atoms with van der Waals surface area (Å²) in [6.07, 6.45) is 0.0596. The minimum absolute atomic E-state index is 0.00298. The molecule has 1 amide bonds.